The Hall–Kier alpha value is -1.26. The molecule has 0 heterocycles. The van der Waals surface area contributed by atoms with Crippen LogP contribution in [0.15, 0.2) is 0 Å². The van der Waals surface area contributed by atoms with Crippen LogP contribution in [0.25, 0.3) is 0 Å². The second kappa shape index (κ2) is 8.25. The van der Waals surface area contributed by atoms with Crippen LogP contribution in [0.4, 0.5) is 4.79 Å². The molecule has 2 aliphatic rings. The molecule has 0 bridgehead atoms. The van der Waals surface area contributed by atoms with E-state index in [2.05, 4.69) is 5.32 Å². The molecule has 0 saturated heterocycles. The summed E-state index contributed by atoms with van der Waals surface area (Å²) < 4.78 is 0. The molecule has 2 amide bonds. The van der Waals surface area contributed by atoms with E-state index < -0.39 is 5.97 Å². The summed E-state index contributed by atoms with van der Waals surface area (Å²) in [6, 6.07) is -0.0871. The zero-order valence-corrected chi connectivity index (χ0v) is 12.9. The lowest BCUT2D eigenvalue weighted by Crippen LogP contribution is -2.48. The zero-order valence-electron chi connectivity index (χ0n) is 12.9. The number of amides is 2. The highest BCUT2D eigenvalue weighted by Crippen LogP contribution is 2.26. The van der Waals surface area contributed by atoms with E-state index >= 15 is 0 Å². The monoisotopic (exact) mass is 296 g/mol. The van der Waals surface area contributed by atoms with Gasteiger partial charge in [0.1, 0.15) is 6.54 Å². The van der Waals surface area contributed by atoms with Gasteiger partial charge in [-0.1, -0.05) is 44.9 Å². The van der Waals surface area contributed by atoms with Gasteiger partial charge in [-0.3, -0.25) is 4.79 Å². The second-order valence-electron chi connectivity index (χ2n) is 6.48. The quantitative estimate of drug-likeness (QED) is 0.791. The number of carbonyl (C=O) groups excluding carboxylic acids is 1. The third-order valence-corrected chi connectivity index (χ3v) is 4.89. The lowest BCUT2D eigenvalue weighted by Gasteiger charge is -2.28. The molecule has 0 radical (unpaired) electrons. The van der Waals surface area contributed by atoms with Crippen molar-refractivity contribution in [1.29, 1.82) is 0 Å². The lowest BCUT2D eigenvalue weighted by molar-refractivity contribution is -0.138. The van der Waals surface area contributed by atoms with Crippen molar-refractivity contribution in [3.05, 3.63) is 0 Å². The standard InChI is InChI=1S/C16H28N2O3/c19-15(20)12-18(14-8-4-5-9-14)16(21)17-11-10-13-6-2-1-3-7-13/h13-14H,1-12H2,(H,17,21)(H,19,20). The fraction of sp³-hybridized carbons (Fsp3) is 0.875. The van der Waals surface area contributed by atoms with Crippen LogP contribution in [0.5, 0.6) is 0 Å². The fourth-order valence-corrected chi connectivity index (χ4v) is 3.69. The van der Waals surface area contributed by atoms with E-state index in [0.717, 1.165) is 38.0 Å². The maximum atomic E-state index is 12.3. The molecule has 2 fully saturated rings. The molecule has 2 aliphatic carbocycles. The van der Waals surface area contributed by atoms with Crippen LogP contribution in [0, 0.1) is 5.92 Å². The summed E-state index contributed by atoms with van der Waals surface area (Å²) >= 11 is 0. The Labute approximate surface area is 127 Å². The van der Waals surface area contributed by atoms with E-state index in [1.807, 2.05) is 0 Å². The SMILES string of the molecule is O=C(O)CN(C(=O)NCCC1CCCCC1)C1CCCC1. The minimum Gasteiger partial charge on any atom is -0.480 e. The van der Waals surface area contributed by atoms with Gasteiger partial charge in [0, 0.05) is 12.6 Å². The minimum atomic E-state index is -0.927. The maximum Gasteiger partial charge on any atom is 0.323 e. The number of hydrogen-bond acceptors (Lipinski definition) is 2. The molecule has 0 unspecified atom stereocenters. The number of carbonyl (C=O) groups is 2. The Morgan fingerprint density at radius 1 is 1.00 bits per heavy atom. The summed E-state index contributed by atoms with van der Waals surface area (Å²) in [6.45, 7) is 0.492. The van der Waals surface area contributed by atoms with Gasteiger partial charge in [-0.15, -0.1) is 0 Å². The first kappa shape index (κ1) is 16.1. The highest BCUT2D eigenvalue weighted by atomic mass is 16.4. The van der Waals surface area contributed by atoms with Crippen molar-refractivity contribution in [3.63, 3.8) is 0 Å². The van der Waals surface area contributed by atoms with Gasteiger partial charge in [0.25, 0.3) is 0 Å². The molecule has 0 aliphatic heterocycles. The predicted molar refractivity (Wildman–Crippen MR) is 81.2 cm³/mol. The number of carboxylic acid groups (broad SMARTS) is 1. The third-order valence-electron chi connectivity index (χ3n) is 4.89. The van der Waals surface area contributed by atoms with Gasteiger partial charge in [0.15, 0.2) is 0 Å². The molecule has 5 nitrogen and oxygen atoms in total. The molecule has 5 heteroatoms. The number of nitrogens with zero attached hydrogens (tertiary/aromatic N) is 1. The number of hydrogen-bond donors (Lipinski definition) is 2. The van der Waals surface area contributed by atoms with Crippen molar-refractivity contribution in [3.8, 4) is 0 Å². The van der Waals surface area contributed by atoms with Crippen LogP contribution in [-0.2, 0) is 4.79 Å². The topological polar surface area (TPSA) is 69.6 Å². The van der Waals surface area contributed by atoms with E-state index in [0.29, 0.717) is 6.54 Å². The van der Waals surface area contributed by atoms with E-state index in [4.69, 9.17) is 5.11 Å². The number of rotatable bonds is 6. The normalized spacial score (nSPS) is 20.4. The van der Waals surface area contributed by atoms with E-state index in [1.54, 1.807) is 0 Å². The van der Waals surface area contributed by atoms with Crippen LogP contribution in [-0.4, -0.2) is 41.1 Å². The summed E-state index contributed by atoms with van der Waals surface area (Å²) in [6.07, 6.45) is 11.6. The first-order valence-corrected chi connectivity index (χ1v) is 8.43. The fourth-order valence-electron chi connectivity index (χ4n) is 3.69. The van der Waals surface area contributed by atoms with E-state index in [1.165, 1.54) is 37.0 Å². The van der Waals surface area contributed by atoms with Crippen LogP contribution >= 0.6 is 0 Å². The zero-order chi connectivity index (χ0) is 15.1. The van der Waals surface area contributed by atoms with Crippen LogP contribution in [0.2, 0.25) is 0 Å². The van der Waals surface area contributed by atoms with Gasteiger partial charge in [0.2, 0.25) is 0 Å². The largest absolute Gasteiger partial charge is 0.480 e. The second-order valence-corrected chi connectivity index (χ2v) is 6.48. The Bertz CT molecular complexity index is 347. The van der Waals surface area contributed by atoms with Crippen molar-refractivity contribution < 1.29 is 14.7 Å². The highest BCUT2D eigenvalue weighted by Gasteiger charge is 2.28. The summed E-state index contributed by atoms with van der Waals surface area (Å²) in [5.74, 6) is -0.192. The molecule has 0 aromatic rings. The maximum absolute atomic E-state index is 12.3. The molecule has 0 aromatic heterocycles. The van der Waals surface area contributed by atoms with Gasteiger partial charge >= 0.3 is 12.0 Å². The van der Waals surface area contributed by atoms with Crippen LogP contribution in [0.1, 0.15) is 64.2 Å². The summed E-state index contributed by atoms with van der Waals surface area (Å²) in [7, 11) is 0. The smallest absolute Gasteiger partial charge is 0.323 e. The highest BCUT2D eigenvalue weighted by molar-refractivity contribution is 5.80. The summed E-state index contributed by atoms with van der Waals surface area (Å²) in [5.41, 5.74) is 0. The average Bonchev–Trinajstić information content (AvgIpc) is 2.99. The third kappa shape index (κ3) is 5.21. The van der Waals surface area contributed by atoms with Gasteiger partial charge < -0.3 is 15.3 Å². The number of nitrogens with one attached hydrogen (secondary N) is 1. The molecule has 120 valence electrons. The molecule has 2 rings (SSSR count). The number of aliphatic carboxylic acids is 1. The van der Waals surface area contributed by atoms with Crippen molar-refractivity contribution in [1.82, 2.24) is 10.2 Å². The average molecular weight is 296 g/mol. The molecule has 2 N–H and O–H groups in total. The molecule has 21 heavy (non-hydrogen) atoms. The first-order chi connectivity index (χ1) is 10.2. The van der Waals surface area contributed by atoms with Crippen molar-refractivity contribution in [2.75, 3.05) is 13.1 Å². The van der Waals surface area contributed by atoms with Gasteiger partial charge in [-0.2, -0.15) is 0 Å². The predicted octanol–water partition coefficient (Wildman–Crippen LogP) is 3.00. The number of urea groups is 1. The van der Waals surface area contributed by atoms with Gasteiger partial charge in [-0.05, 0) is 25.2 Å². The van der Waals surface area contributed by atoms with E-state index in [-0.39, 0.29) is 18.6 Å². The molecule has 0 aromatic carbocycles. The molecule has 0 atom stereocenters. The van der Waals surface area contributed by atoms with Crippen molar-refractivity contribution in [2.45, 2.75) is 70.3 Å². The van der Waals surface area contributed by atoms with Crippen LogP contribution < -0.4 is 5.32 Å². The summed E-state index contributed by atoms with van der Waals surface area (Å²) in [5, 5.41) is 11.9. The van der Waals surface area contributed by atoms with E-state index in [9.17, 15) is 9.59 Å². The lowest BCUT2D eigenvalue weighted by atomic mass is 9.87. The van der Waals surface area contributed by atoms with Gasteiger partial charge in [0.05, 0.1) is 0 Å². The molecule has 2 saturated carbocycles. The Kier molecular flexibility index (Phi) is 6.33. The van der Waals surface area contributed by atoms with Gasteiger partial charge in [-0.25, -0.2) is 4.79 Å². The van der Waals surface area contributed by atoms with Crippen LogP contribution in [0.3, 0.4) is 0 Å². The number of carboxylic acids is 1. The Morgan fingerprint density at radius 3 is 2.24 bits per heavy atom. The van der Waals surface area contributed by atoms with Crippen molar-refractivity contribution in [2.24, 2.45) is 5.92 Å². The Balaban J connectivity index is 1.75. The van der Waals surface area contributed by atoms with Crippen molar-refractivity contribution >= 4 is 12.0 Å². The molecular formula is C16H28N2O3. The summed E-state index contributed by atoms with van der Waals surface area (Å²) in [4.78, 5) is 24.8. The molecular weight excluding hydrogens is 268 g/mol. The first-order valence-electron chi connectivity index (χ1n) is 8.43. The Morgan fingerprint density at radius 2 is 1.62 bits per heavy atom. The minimum absolute atomic E-state index is 0.107. The molecule has 0 spiro atoms.